The highest BCUT2D eigenvalue weighted by Crippen LogP contribution is 2.29. The number of hydrogen-bond donors (Lipinski definition) is 4. The maximum Gasteiger partial charge on any atom is 0.262 e. The number of phenolic OH excluding ortho intramolecular Hbond substituents is 1. The fourth-order valence-electron chi connectivity index (χ4n) is 3.10. The molecule has 2 aromatic rings. The summed E-state index contributed by atoms with van der Waals surface area (Å²) in [6.45, 7) is 2.34. The number of aromatic hydroxyl groups is 1. The lowest BCUT2D eigenvalue weighted by atomic mass is 10.1. The summed E-state index contributed by atoms with van der Waals surface area (Å²) in [6.07, 6.45) is 0.0429. The Labute approximate surface area is 180 Å². The third-order valence-electron chi connectivity index (χ3n) is 5.01. The van der Waals surface area contributed by atoms with Crippen LogP contribution in [0.15, 0.2) is 36.4 Å². The minimum atomic E-state index is -2.35. The van der Waals surface area contributed by atoms with Gasteiger partial charge < -0.3 is 21.5 Å². The number of phenols is 1. The van der Waals surface area contributed by atoms with Crippen molar-refractivity contribution in [3.8, 4) is 5.75 Å². The molecule has 0 unspecified atom stereocenters. The van der Waals surface area contributed by atoms with E-state index in [0.717, 1.165) is 31.2 Å². The first-order valence-corrected chi connectivity index (χ1v) is 10.5. The largest absolute Gasteiger partial charge is 0.508 e. The summed E-state index contributed by atoms with van der Waals surface area (Å²) < 4.78 is 42.7. The fourth-order valence-corrected chi connectivity index (χ4v) is 3.10. The molecule has 0 saturated carbocycles. The third kappa shape index (κ3) is 7.38. The van der Waals surface area contributed by atoms with Crippen LogP contribution in [-0.4, -0.2) is 23.4 Å². The zero-order chi connectivity index (χ0) is 22.8. The first-order chi connectivity index (χ1) is 14.8. The van der Waals surface area contributed by atoms with Crippen LogP contribution in [0.2, 0.25) is 0 Å². The number of carbonyl (C=O) groups excluding carboxylic acids is 1. The number of anilines is 3. The molecular weight excluding hydrogens is 407 g/mol. The molecule has 0 bridgehead atoms. The number of nitrogens with two attached hydrogens (primary N) is 1. The third-order valence-corrected chi connectivity index (χ3v) is 5.01. The molecule has 0 saturated heterocycles. The topological polar surface area (TPSA) is 87.4 Å². The van der Waals surface area contributed by atoms with Crippen molar-refractivity contribution in [3.05, 3.63) is 47.8 Å². The van der Waals surface area contributed by atoms with E-state index in [1.54, 1.807) is 12.1 Å². The molecule has 0 fully saturated rings. The lowest BCUT2D eigenvalue weighted by molar-refractivity contribution is -0.123. The number of halogens is 3. The van der Waals surface area contributed by atoms with Gasteiger partial charge in [0.15, 0.2) is 5.82 Å². The molecule has 5 N–H and O–H groups in total. The number of hydrogen-bond acceptors (Lipinski definition) is 4. The second kappa shape index (κ2) is 12.1. The van der Waals surface area contributed by atoms with Crippen LogP contribution in [0.4, 0.5) is 30.2 Å². The molecule has 31 heavy (non-hydrogen) atoms. The van der Waals surface area contributed by atoms with Gasteiger partial charge >= 0.3 is 0 Å². The Hall–Kier alpha value is -2.90. The molecule has 1 amide bonds. The van der Waals surface area contributed by atoms with Gasteiger partial charge in [0.05, 0.1) is 17.1 Å². The molecule has 0 spiro atoms. The van der Waals surface area contributed by atoms with Gasteiger partial charge in [-0.2, -0.15) is 0 Å². The maximum absolute atomic E-state index is 14.6. The average molecular weight is 438 g/mol. The van der Waals surface area contributed by atoms with Gasteiger partial charge in [0.1, 0.15) is 11.9 Å². The Bertz CT molecular complexity index is 847. The van der Waals surface area contributed by atoms with Crippen molar-refractivity contribution in [3.63, 3.8) is 0 Å². The SMILES string of the molecule is CCCCCCC[C@@H](F)[C@H](F)C(=O)Nc1ccc(NCc2ccc(O)cc2)c(F)c1N. The summed E-state index contributed by atoms with van der Waals surface area (Å²) in [5.41, 5.74) is 6.16. The number of amides is 1. The van der Waals surface area contributed by atoms with Crippen LogP contribution in [0, 0.1) is 5.82 Å². The molecule has 8 heteroatoms. The number of rotatable bonds is 12. The molecule has 5 nitrogen and oxygen atoms in total. The van der Waals surface area contributed by atoms with E-state index in [2.05, 4.69) is 17.6 Å². The maximum atomic E-state index is 14.6. The first kappa shape index (κ1) is 24.4. The Balaban J connectivity index is 1.91. The number of alkyl halides is 2. The normalized spacial score (nSPS) is 12.9. The van der Waals surface area contributed by atoms with E-state index in [4.69, 9.17) is 5.73 Å². The van der Waals surface area contributed by atoms with E-state index < -0.39 is 24.1 Å². The number of nitrogen functional groups attached to an aromatic ring is 1. The standard InChI is InChI=1S/C23H30F3N3O2/c1-2-3-4-5-6-7-17(24)20(25)23(31)29-19-13-12-18(21(26)22(19)27)28-14-15-8-10-16(30)11-9-15/h8-13,17,20,28,30H,2-7,14,27H2,1H3,(H,29,31)/t17-,20+/m1/s1. The molecule has 0 aliphatic heterocycles. The van der Waals surface area contributed by atoms with Crippen LogP contribution in [0.25, 0.3) is 0 Å². The minimum Gasteiger partial charge on any atom is -0.508 e. The van der Waals surface area contributed by atoms with Crippen molar-refractivity contribution < 1.29 is 23.1 Å². The summed E-state index contributed by atoms with van der Waals surface area (Å²) >= 11 is 0. The molecule has 0 radical (unpaired) electrons. The van der Waals surface area contributed by atoms with Crippen molar-refractivity contribution in [2.45, 2.75) is 64.3 Å². The van der Waals surface area contributed by atoms with Crippen molar-refractivity contribution in [1.29, 1.82) is 0 Å². The van der Waals surface area contributed by atoms with Crippen molar-refractivity contribution in [1.82, 2.24) is 0 Å². The van der Waals surface area contributed by atoms with E-state index in [9.17, 15) is 23.1 Å². The van der Waals surface area contributed by atoms with E-state index in [1.807, 2.05) is 0 Å². The van der Waals surface area contributed by atoms with Crippen LogP contribution < -0.4 is 16.4 Å². The summed E-state index contributed by atoms with van der Waals surface area (Å²) in [6, 6.07) is 9.07. The molecule has 2 rings (SSSR count). The van der Waals surface area contributed by atoms with E-state index in [0.29, 0.717) is 6.42 Å². The smallest absolute Gasteiger partial charge is 0.262 e. The van der Waals surface area contributed by atoms with Crippen molar-refractivity contribution >= 4 is 23.0 Å². The zero-order valence-corrected chi connectivity index (χ0v) is 17.6. The van der Waals surface area contributed by atoms with Gasteiger partial charge in [0, 0.05) is 6.54 Å². The monoisotopic (exact) mass is 437 g/mol. The lowest BCUT2D eigenvalue weighted by Crippen LogP contribution is -2.32. The summed E-state index contributed by atoms with van der Waals surface area (Å²) in [5.74, 6) is -1.87. The quantitative estimate of drug-likeness (QED) is 0.253. The summed E-state index contributed by atoms with van der Waals surface area (Å²) in [7, 11) is 0. The van der Waals surface area contributed by atoms with Gasteiger partial charge in [-0.3, -0.25) is 4.79 Å². The molecule has 0 heterocycles. The van der Waals surface area contributed by atoms with E-state index in [1.165, 1.54) is 24.3 Å². The van der Waals surface area contributed by atoms with Crippen molar-refractivity contribution in [2.24, 2.45) is 0 Å². The highest BCUT2D eigenvalue weighted by Gasteiger charge is 2.28. The molecular formula is C23H30F3N3O2. The zero-order valence-electron chi connectivity index (χ0n) is 17.6. The van der Waals surface area contributed by atoms with Crippen LogP contribution in [-0.2, 0) is 11.3 Å². The predicted octanol–water partition coefficient (Wildman–Crippen LogP) is 5.70. The van der Waals surface area contributed by atoms with Crippen LogP contribution in [0.1, 0.15) is 51.0 Å². The predicted molar refractivity (Wildman–Crippen MR) is 118 cm³/mol. The van der Waals surface area contributed by atoms with Gasteiger partial charge in [0.25, 0.3) is 5.91 Å². The summed E-state index contributed by atoms with van der Waals surface area (Å²) in [4.78, 5) is 12.0. The van der Waals surface area contributed by atoms with Crippen LogP contribution in [0.5, 0.6) is 5.75 Å². The van der Waals surface area contributed by atoms with E-state index >= 15 is 0 Å². The second-order valence-electron chi connectivity index (χ2n) is 7.52. The van der Waals surface area contributed by atoms with Crippen LogP contribution in [0.3, 0.4) is 0 Å². The first-order valence-electron chi connectivity index (χ1n) is 10.5. The number of unbranched alkanes of at least 4 members (excludes halogenated alkanes) is 4. The number of benzene rings is 2. The van der Waals surface area contributed by atoms with Crippen LogP contribution >= 0.6 is 0 Å². The Morgan fingerprint density at radius 1 is 1.03 bits per heavy atom. The Morgan fingerprint density at radius 2 is 1.68 bits per heavy atom. The Morgan fingerprint density at radius 3 is 2.35 bits per heavy atom. The molecule has 2 aromatic carbocycles. The second-order valence-corrected chi connectivity index (χ2v) is 7.52. The molecule has 2 atom stereocenters. The van der Waals surface area contributed by atoms with Gasteiger partial charge in [0.2, 0.25) is 6.17 Å². The highest BCUT2D eigenvalue weighted by molar-refractivity contribution is 5.97. The van der Waals surface area contributed by atoms with Gasteiger partial charge in [-0.25, -0.2) is 13.2 Å². The average Bonchev–Trinajstić information content (AvgIpc) is 2.76. The van der Waals surface area contributed by atoms with Gasteiger partial charge in [-0.05, 0) is 36.2 Å². The van der Waals surface area contributed by atoms with Gasteiger partial charge in [-0.1, -0.05) is 51.2 Å². The number of carbonyl (C=O) groups is 1. The molecule has 0 aliphatic carbocycles. The molecule has 0 aromatic heterocycles. The van der Waals surface area contributed by atoms with E-state index in [-0.39, 0.29) is 35.8 Å². The van der Waals surface area contributed by atoms with Gasteiger partial charge in [-0.15, -0.1) is 0 Å². The molecule has 0 aliphatic rings. The Kier molecular flexibility index (Phi) is 9.49. The van der Waals surface area contributed by atoms with Crippen molar-refractivity contribution in [2.75, 3.05) is 16.4 Å². The minimum absolute atomic E-state index is 0.0394. The lowest BCUT2D eigenvalue weighted by Gasteiger charge is -2.16. The fraction of sp³-hybridized carbons (Fsp3) is 0.435. The number of nitrogens with one attached hydrogen (secondary N) is 2. The summed E-state index contributed by atoms with van der Waals surface area (Å²) in [5, 5.41) is 14.3. The highest BCUT2D eigenvalue weighted by atomic mass is 19.2. The molecule has 170 valence electrons.